The molecule has 0 heterocycles. The molecule has 38 heavy (non-hydrogen) atoms. The number of amides is 3. The van der Waals surface area contributed by atoms with Crippen LogP contribution in [0.2, 0.25) is 0 Å². The number of benzene rings is 2. The van der Waals surface area contributed by atoms with Gasteiger partial charge >= 0.3 is 6.09 Å². The minimum absolute atomic E-state index is 0.146. The Kier molecular flexibility index (Phi) is 10.1. The number of alkyl carbamates (subject to hydrolysis) is 1. The van der Waals surface area contributed by atoms with Crippen LogP contribution in [0.1, 0.15) is 78.1 Å². The van der Waals surface area contributed by atoms with Gasteiger partial charge in [-0.3, -0.25) is 9.59 Å². The number of rotatable bonds is 8. The van der Waals surface area contributed by atoms with E-state index in [9.17, 15) is 14.4 Å². The summed E-state index contributed by atoms with van der Waals surface area (Å²) < 4.78 is 5.47. The van der Waals surface area contributed by atoms with Gasteiger partial charge in [0.1, 0.15) is 17.7 Å². The van der Waals surface area contributed by atoms with E-state index in [1.807, 2.05) is 65.0 Å². The second-order valence-electron chi connectivity index (χ2n) is 11.6. The van der Waals surface area contributed by atoms with Crippen LogP contribution in [0, 0.1) is 12.3 Å². The lowest BCUT2D eigenvalue weighted by atomic mass is 9.93. The number of ether oxygens (including phenoxy) is 1. The van der Waals surface area contributed by atoms with Crippen LogP contribution >= 0.6 is 0 Å². The van der Waals surface area contributed by atoms with Gasteiger partial charge in [0.2, 0.25) is 11.8 Å². The van der Waals surface area contributed by atoms with E-state index in [1.54, 1.807) is 49.9 Å². The van der Waals surface area contributed by atoms with Crippen molar-refractivity contribution in [3.8, 4) is 12.3 Å². The maximum Gasteiger partial charge on any atom is 0.408 e. The Bertz CT molecular complexity index is 1140. The molecule has 2 atom stereocenters. The van der Waals surface area contributed by atoms with Gasteiger partial charge < -0.3 is 20.3 Å². The Hall–Kier alpha value is -3.79. The molecule has 0 fully saturated rings. The zero-order chi connectivity index (χ0) is 28.7. The Morgan fingerprint density at radius 3 is 1.97 bits per heavy atom. The molecule has 2 aromatic carbocycles. The molecule has 0 radical (unpaired) electrons. The molecule has 7 nitrogen and oxygen atoms in total. The summed E-state index contributed by atoms with van der Waals surface area (Å²) in [5.41, 5.74) is 0.607. The molecule has 0 aromatic heterocycles. The Labute approximate surface area is 227 Å². The first-order chi connectivity index (χ1) is 17.6. The summed E-state index contributed by atoms with van der Waals surface area (Å²) in [6.45, 7) is 14.6. The maximum absolute atomic E-state index is 14.4. The van der Waals surface area contributed by atoms with Crippen molar-refractivity contribution >= 4 is 17.9 Å². The van der Waals surface area contributed by atoms with Crippen LogP contribution in [-0.4, -0.2) is 46.0 Å². The quantitative estimate of drug-likeness (QED) is 0.481. The smallest absolute Gasteiger partial charge is 0.408 e. The van der Waals surface area contributed by atoms with Gasteiger partial charge in [0, 0.05) is 23.6 Å². The molecule has 0 spiro atoms. The summed E-state index contributed by atoms with van der Waals surface area (Å²) in [7, 11) is 0. The van der Waals surface area contributed by atoms with E-state index in [2.05, 4.69) is 16.6 Å². The standard InChI is InChI=1S/C31H41N3O4/c1-10-22-16-18-24(19-17-22)26(27(35)32-21(2)3)34(30(4,5)6)28(36)25(20-23-14-12-11-13-15-23)33-29(37)38-31(7,8)9/h1,11-19,21,25-26H,20H2,2-9H3,(H,32,35)(H,33,37). The molecule has 0 saturated carbocycles. The van der Waals surface area contributed by atoms with Crippen molar-refractivity contribution < 1.29 is 19.1 Å². The number of nitrogens with zero attached hydrogens (tertiary/aromatic N) is 1. The fraction of sp³-hybridized carbons (Fsp3) is 0.452. The average Bonchev–Trinajstić information content (AvgIpc) is 2.80. The van der Waals surface area contributed by atoms with Crippen LogP contribution in [0.15, 0.2) is 54.6 Å². The second-order valence-corrected chi connectivity index (χ2v) is 11.6. The van der Waals surface area contributed by atoms with Gasteiger partial charge in [-0.05, 0) is 78.6 Å². The predicted molar refractivity (Wildman–Crippen MR) is 150 cm³/mol. The molecular weight excluding hydrogens is 478 g/mol. The fourth-order valence-corrected chi connectivity index (χ4v) is 4.06. The minimum Gasteiger partial charge on any atom is -0.444 e. The van der Waals surface area contributed by atoms with Gasteiger partial charge in [0.05, 0.1) is 0 Å². The van der Waals surface area contributed by atoms with E-state index in [1.165, 1.54) is 0 Å². The van der Waals surface area contributed by atoms with Crippen molar-refractivity contribution in [3.05, 3.63) is 71.3 Å². The van der Waals surface area contributed by atoms with Crippen LogP contribution in [0.5, 0.6) is 0 Å². The van der Waals surface area contributed by atoms with Gasteiger partial charge in [0.15, 0.2) is 0 Å². The number of nitrogens with one attached hydrogen (secondary N) is 2. The first kappa shape index (κ1) is 30.4. The number of carbonyl (C=O) groups is 3. The van der Waals surface area contributed by atoms with E-state index in [0.29, 0.717) is 11.1 Å². The van der Waals surface area contributed by atoms with Crippen molar-refractivity contribution in [2.45, 2.75) is 91.1 Å². The van der Waals surface area contributed by atoms with E-state index in [0.717, 1.165) is 5.56 Å². The molecular formula is C31H41N3O4. The predicted octanol–water partition coefficient (Wildman–Crippen LogP) is 5.00. The molecule has 7 heteroatoms. The molecule has 0 saturated heterocycles. The van der Waals surface area contributed by atoms with Crippen molar-refractivity contribution in [2.75, 3.05) is 0 Å². The lowest BCUT2D eigenvalue weighted by Gasteiger charge is -2.43. The summed E-state index contributed by atoms with van der Waals surface area (Å²) in [5, 5.41) is 5.72. The van der Waals surface area contributed by atoms with E-state index in [4.69, 9.17) is 11.2 Å². The Morgan fingerprint density at radius 1 is 0.921 bits per heavy atom. The van der Waals surface area contributed by atoms with E-state index >= 15 is 0 Å². The van der Waals surface area contributed by atoms with E-state index < -0.39 is 35.2 Å². The highest BCUT2D eigenvalue weighted by Gasteiger charge is 2.42. The summed E-state index contributed by atoms with van der Waals surface area (Å²) >= 11 is 0. The lowest BCUT2D eigenvalue weighted by Crippen LogP contribution is -2.59. The highest BCUT2D eigenvalue weighted by Crippen LogP contribution is 2.31. The summed E-state index contributed by atoms with van der Waals surface area (Å²) in [4.78, 5) is 42.4. The van der Waals surface area contributed by atoms with Crippen LogP contribution < -0.4 is 10.6 Å². The molecule has 2 N–H and O–H groups in total. The molecule has 204 valence electrons. The fourth-order valence-electron chi connectivity index (χ4n) is 4.06. The van der Waals surface area contributed by atoms with Crippen molar-refractivity contribution in [3.63, 3.8) is 0 Å². The number of carbonyl (C=O) groups excluding carboxylic acids is 3. The molecule has 0 aliphatic heterocycles. The van der Waals surface area contributed by atoms with Gasteiger partial charge in [-0.15, -0.1) is 6.42 Å². The first-order valence-electron chi connectivity index (χ1n) is 12.9. The zero-order valence-corrected chi connectivity index (χ0v) is 23.8. The average molecular weight is 520 g/mol. The number of hydrogen-bond acceptors (Lipinski definition) is 4. The van der Waals surface area contributed by atoms with Gasteiger partial charge in [0.25, 0.3) is 0 Å². The normalized spacial score (nSPS) is 13.2. The van der Waals surface area contributed by atoms with Gasteiger partial charge in [-0.2, -0.15) is 0 Å². The monoisotopic (exact) mass is 519 g/mol. The lowest BCUT2D eigenvalue weighted by molar-refractivity contribution is -0.148. The topological polar surface area (TPSA) is 87.7 Å². The largest absolute Gasteiger partial charge is 0.444 e. The molecule has 2 rings (SSSR count). The SMILES string of the molecule is C#Cc1ccc(C(C(=O)NC(C)C)N(C(=O)C(Cc2ccccc2)NC(=O)OC(C)(C)C)C(C)(C)C)cc1. The third kappa shape index (κ3) is 8.95. The first-order valence-corrected chi connectivity index (χ1v) is 12.9. The van der Waals surface area contributed by atoms with Crippen molar-refractivity contribution in [2.24, 2.45) is 0 Å². The molecule has 2 unspecified atom stereocenters. The van der Waals surface area contributed by atoms with Crippen LogP contribution in [0.4, 0.5) is 4.79 Å². The summed E-state index contributed by atoms with van der Waals surface area (Å²) in [5.74, 6) is 1.85. The van der Waals surface area contributed by atoms with Crippen LogP contribution in [0.3, 0.4) is 0 Å². The summed E-state index contributed by atoms with van der Waals surface area (Å²) in [6, 6.07) is 14.3. The van der Waals surface area contributed by atoms with Gasteiger partial charge in [-0.25, -0.2) is 4.79 Å². The Balaban J connectivity index is 2.60. The highest BCUT2D eigenvalue weighted by molar-refractivity contribution is 5.93. The third-order valence-corrected chi connectivity index (χ3v) is 5.56. The second kappa shape index (κ2) is 12.6. The minimum atomic E-state index is -0.981. The van der Waals surface area contributed by atoms with Gasteiger partial charge in [-0.1, -0.05) is 48.4 Å². The number of terminal acetylenes is 1. The van der Waals surface area contributed by atoms with Crippen molar-refractivity contribution in [1.82, 2.24) is 15.5 Å². The summed E-state index contributed by atoms with van der Waals surface area (Å²) in [6.07, 6.45) is 5.05. The molecule has 2 aromatic rings. The Morgan fingerprint density at radius 2 is 1.50 bits per heavy atom. The molecule has 0 bridgehead atoms. The van der Waals surface area contributed by atoms with Crippen molar-refractivity contribution in [1.29, 1.82) is 0 Å². The third-order valence-electron chi connectivity index (χ3n) is 5.56. The maximum atomic E-state index is 14.4. The molecule has 0 aliphatic rings. The molecule has 0 aliphatic carbocycles. The molecule has 3 amide bonds. The number of hydrogen-bond donors (Lipinski definition) is 2. The zero-order valence-electron chi connectivity index (χ0n) is 23.8. The van der Waals surface area contributed by atoms with Crippen LogP contribution in [0.25, 0.3) is 0 Å². The highest BCUT2D eigenvalue weighted by atomic mass is 16.6. The van der Waals surface area contributed by atoms with Crippen LogP contribution in [-0.2, 0) is 20.7 Å². The van der Waals surface area contributed by atoms with E-state index in [-0.39, 0.29) is 18.4 Å².